The van der Waals surface area contributed by atoms with Crippen LogP contribution < -0.4 is 11.1 Å². The molecule has 0 fully saturated rings. The molecule has 0 saturated heterocycles. The van der Waals surface area contributed by atoms with Gasteiger partial charge in [-0.2, -0.15) is 13.2 Å². The Bertz CT molecular complexity index is 668. The minimum atomic E-state index is -4.43. The highest BCUT2D eigenvalue weighted by molar-refractivity contribution is 7.80. The molecule has 0 aliphatic carbocycles. The fourth-order valence-corrected chi connectivity index (χ4v) is 2.90. The molecule has 0 saturated carbocycles. The van der Waals surface area contributed by atoms with Crippen LogP contribution in [0.5, 0.6) is 0 Å². The summed E-state index contributed by atoms with van der Waals surface area (Å²) in [4.78, 5) is 0.863. The molecule has 0 aliphatic heterocycles. The van der Waals surface area contributed by atoms with Crippen LogP contribution in [0.3, 0.4) is 0 Å². The minimum absolute atomic E-state index is 0.0900. The van der Waals surface area contributed by atoms with Gasteiger partial charge in [-0.1, -0.05) is 23.8 Å². The molecule has 1 aromatic carbocycles. The first-order valence-electron chi connectivity index (χ1n) is 5.76. The SMILES string of the molecule is NC(=S)c1cc(C(F)(F)F)ccc1NCc1ccc(Cl)s1. The third kappa shape index (κ3) is 4.09. The van der Waals surface area contributed by atoms with Crippen LogP contribution in [0.4, 0.5) is 18.9 Å². The normalized spacial score (nSPS) is 11.4. The summed E-state index contributed by atoms with van der Waals surface area (Å²) in [6.07, 6.45) is -4.43. The molecule has 0 spiro atoms. The van der Waals surface area contributed by atoms with Crippen molar-refractivity contribution in [2.24, 2.45) is 5.73 Å². The highest BCUT2D eigenvalue weighted by Crippen LogP contribution is 2.32. The lowest BCUT2D eigenvalue weighted by atomic mass is 10.1. The molecule has 0 bridgehead atoms. The number of alkyl halides is 3. The average molecular weight is 351 g/mol. The van der Waals surface area contributed by atoms with Gasteiger partial charge in [-0.05, 0) is 30.3 Å². The molecule has 2 aromatic rings. The summed E-state index contributed by atoms with van der Waals surface area (Å²) >= 11 is 12.0. The fourth-order valence-electron chi connectivity index (χ4n) is 1.71. The van der Waals surface area contributed by atoms with E-state index in [2.05, 4.69) is 5.32 Å². The van der Waals surface area contributed by atoms with Gasteiger partial charge in [0, 0.05) is 22.7 Å². The van der Waals surface area contributed by atoms with Gasteiger partial charge in [0.25, 0.3) is 0 Å². The zero-order valence-corrected chi connectivity index (χ0v) is 12.9. The first-order chi connectivity index (χ1) is 9.77. The highest BCUT2D eigenvalue weighted by atomic mass is 35.5. The molecule has 1 heterocycles. The summed E-state index contributed by atoms with van der Waals surface area (Å²) in [5.41, 5.74) is 5.35. The Labute approximate surface area is 133 Å². The molecule has 21 heavy (non-hydrogen) atoms. The Morgan fingerprint density at radius 1 is 1.29 bits per heavy atom. The molecule has 0 amide bonds. The maximum Gasteiger partial charge on any atom is 0.416 e. The number of nitrogens with two attached hydrogens (primary N) is 1. The van der Waals surface area contributed by atoms with Gasteiger partial charge in [-0.3, -0.25) is 0 Å². The lowest BCUT2D eigenvalue weighted by Gasteiger charge is -2.14. The van der Waals surface area contributed by atoms with Gasteiger partial charge < -0.3 is 11.1 Å². The van der Waals surface area contributed by atoms with Crippen molar-refractivity contribution in [1.29, 1.82) is 0 Å². The van der Waals surface area contributed by atoms with Crippen molar-refractivity contribution < 1.29 is 13.2 Å². The molecule has 112 valence electrons. The molecule has 0 unspecified atom stereocenters. The Morgan fingerprint density at radius 3 is 2.52 bits per heavy atom. The van der Waals surface area contributed by atoms with Crippen molar-refractivity contribution in [2.45, 2.75) is 12.7 Å². The molecule has 0 atom stereocenters. The number of hydrogen-bond acceptors (Lipinski definition) is 3. The van der Waals surface area contributed by atoms with Crippen LogP contribution in [0.25, 0.3) is 0 Å². The zero-order valence-electron chi connectivity index (χ0n) is 10.5. The molecule has 0 radical (unpaired) electrons. The minimum Gasteiger partial charge on any atom is -0.389 e. The van der Waals surface area contributed by atoms with Crippen molar-refractivity contribution in [2.75, 3.05) is 5.32 Å². The van der Waals surface area contributed by atoms with Crippen molar-refractivity contribution in [3.8, 4) is 0 Å². The van der Waals surface area contributed by atoms with Crippen LogP contribution in [-0.4, -0.2) is 4.99 Å². The van der Waals surface area contributed by atoms with E-state index in [0.717, 1.165) is 17.0 Å². The van der Waals surface area contributed by atoms with Gasteiger partial charge in [-0.25, -0.2) is 0 Å². The van der Waals surface area contributed by atoms with E-state index in [1.165, 1.54) is 17.4 Å². The van der Waals surface area contributed by atoms with Crippen LogP contribution in [0, 0.1) is 0 Å². The topological polar surface area (TPSA) is 38.0 Å². The largest absolute Gasteiger partial charge is 0.416 e. The second-order valence-electron chi connectivity index (χ2n) is 4.18. The first-order valence-corrected chi connectivity index (χ1v) is 7.37. The van der Waals surface area contributed by atoms with Crippen LogP contribution in [0.1, 0.15) is 16.0 Å². The predicted octanol–water partition coefficient (Wildman–Crippen LogP) is 4.67. The molecular weight excluding hydrogens is 341 g/mol. The third-order valence-corrected chi connectivity index (χ3v) is 4.15. The molecule has 3 N–H and O–H groups in total. The lowest BCUT2D eigenvalue weighted by Crippen LogP contribution is -2.15. The monoisotopic (exact) mass is 350 g/mol. The fraction of sp³-hybridized carbons (Fsp3) is 0.154. The van der Waals surface area contributed by atoms with Gasteiger partial charge in [0.15, 0.2) is 0 Å². The van der Waals surface area contributed by atoms with Crippen molar-refractivity contribution in [3.63, 3.8) is 0 Å². The van der Waals surface area contributed by atoms with E-state index in [0.29, 0.717) is 16.6 Å². The molecular formula is C13H10ClF3N2S2. The van der Waals surface area contributed by atoms with Crippen molar-refractivity contribution in [1.82, 2.24) is 0 Å². The number of anilines is 1. The van der Waals surface area contributed by atoms with E-state index < -0.39 is 11.7 Å². The van der Waals surface area contributed by atoms with E-state index in [1.54, 1.807) is 6.07 Å². The van der Waals surface area contributed by atoms with Gasteiger partial charge in [0.2, 0.25) is 0 Å². The van der Waals surface area contributed by atoms with Crippen LogP contribution in [0.2, 0.25) is 4.34 Å². The lowest BCUT2D eigenvalue weighted by molar-refractivity contribution is -0.137. The summed E-state index contributed by atoms with van der Waals surface area (Å²) in [5.74, 6) is 0. The number of halogens is 4. The quantitative estimate of drug-likeness (QED) is 0.787. The van der Waals surface area contributed by atoms with Crippen LogP contribution in [-0.2, 0) is 12.7 Å². The highest BCUT2D eigenvalue weighted by Gasteiger charge is 2.31. The smallest absolute Gasteiger partial charge is 0.389 e. The van der Waals surface area contributed by atoms with Crippen LogP contribution in [0.15, 0.2) is 30.3 Å². The van der Waals surface area contributed by atoms with Crippen molar-refractivity contribution >= 4 is 45.8 Å². The Morgan fingerprint density at radius 2 is 2.00 bits per heavy atom. The zero-order chi connectivity index (χ0) is 15.6. The average Bonchev–Trinajstić information content (AvgIpc) is 2.80. The summed E-state index contributed by atoms with van der Waals surface area (Å²) < 4.78 is 38.7. The first kappa shape index (κ1) is 16.1. The Hall–Kier alpha value is -1.31. The maximum atomic E-state index is 12.7. The van der Waals surface area contributed by atoms with Crippen molar-refractivity contribution in [3.05, 3.63) is 50.7 Å². The molecule has 8 heteroatoms. The van der Waals surface area contributed by atoms with E-state index in [-0.39, 0.29) is 10.6 Å². The molecule has 0 aliphatic rings. The van der Waals surface area contributed by atoms with Gasteiger partial charge >= 0.3 is 6.18 Å². The van der Waals surface area contributed by atoms with E-state index >= 15 is 0 Å². The maximum absolute atomic E-state index is 12.7. The second kappa shape index (κ2) is 6.21. The number of thiocarbonyl (C=S) groups is 1. The second-order valence-corrected chi connectivity index (χ2v) is 6.42. The van der Waals surface area contributed by atoms with Gasteiger partial charge in [0.05, 0.1) is 9.90 Å². The summed E-state index contributed by atoms with van der Waals surface area (Å²) in [6.45, 7) is 0.429. The van der Waals surface area contributed by atoms with Gasteiger partial charge in [-0.15, -0.1) is 11.3 Å². The van der Waals surface area contributed by atoms with E-state index in [4.69, 9.17) is 29.6 Å². The van der Waals surface area contributed by atoms with E-state index in [9.17, 15) is 13.2 Å². The Kier molecular flexibility index (Phi) is 4.75. The van der Waals surface area contributed by atoms with Crippen LogP contribution >= 0.6 is 35.2 Å². The third-order valence-electron chi connectivity index (χ3n) is 2.69. The number of nitrogens with one attached hydrogen (secondary N) is 1. The standard InChI is InChI=1S/C13H10ClF3N2S2/c14-11-4-2-8(21-11)6-19-10-3-1-7(13(15,16)17)5-9(10)12(18)20/h1-5,19H,6H2,(H2,18,20). The number of thiophene rings is 1. The summed E-state index contributed by atoms with van der Waals surface area (Å²) in [5, 5.41) is 3.02. The molecule has 1 aromatic heterocycles. The van der Waals surface area contributed by atoms with E-state index in [1.807, 2.05) is 6.07 Å². The Balaban J connectivity index is 2.24. The van der Waals surface area contributed by atoms with Gasteiger partial charge in [0.1, 0.15) is 4.99 Å². The molecule has 2 nitrogen and oxygen atoms in total. The number of rotatable bonds is 4. The number of hydrogen-bond donors (Lipinski definition) is 2. The summed E-state index contributed by atoms with van der Waals surface area (Å²) in [6, 6.07) is 6.86. The predicted molar refractivity (Wildman–Crippen MR) is 84.0 cm³/mol. The summed E-state index contributed by atoms with van der Waals surface area (Å²) in [7, 11) is 0. The number of benzene rings is 1. The molecule has 2 rings (SSSR count).